The molecule has 0 aromatic carbocycles. The molecule has 0 fully saturated rings. The molecule has 0 aliphatic carbocycles. The smallest absolute Gasteiger partial charge is 0.370 e. The number of amides is 1. The Kier molecular flexibility index (Phi) is 4.90. The average Bonchev–Trinajstić information content (AvgIpc) is 1.94. The van der Waals surface area contributed by atoms with E-state index in [9.17, 15) is 18.0 Å². The topological polar surface area (TPSA) is 55.1 Å². The summed E-state index contributed by atoms with van der Waals surface area (Å²) in [6.45, 7) is 3.19. The molecule has 0 aromatic heterocycles. The van der Waals surface area contributed by atoms with Crippen LogP contribution in [0, 0.1) is 5.92 Å². The zero-order valence-corrected chi connectivity index (χ0v) is 8.19. The molecule has 1 unspecified atom stereocenters. The van der Waals surface area contributed by atoms with Gasteiger partial charge in [0.15, 0.2) is 0 Å². The predicted octanol–water partition coefficient (Wildman–Crippen LogP) is 1.04. The van der Waals surface area contributed by atoms with Crippen molar-refractivity contribution >= 4 is 5.91 Å². The zero-order valence-electron chi connectivity index (χ0n) is 8.19. The van der Waals surface area contributed by atoms with Gasteiger partial charge in [0.2, 0.25) is 5.91 Å². The summed E-state index contributed by atoms with van der Waals surface area (Å²) in [6, 6.07) is -0.0484. The number of primary amides is 1. The normalized spacial score (nSPS) is 14.4. The summed E-state index contributed by atoms with van der Waals surface area (Å²) in [7, 11) is 0. The minimum atomic E-state index is -4.38. The summed E-state index contributed by atoms with van der Waals surface area (Å²) in [5.74, 6) is -2.62. The Morgan fingerprint density at radius 3 is 2.21 bits per heavy atom. The van der Waals surface area contributed by atoms with Gasteiger partial charge in [-0.15, -0.1) is 0 Å². The van der Waals surface area contributed by atoms with E-state index in [1.54, 1.807) is 13.8 Å². The summed E-state index contributed by atoms with van der Waals surface area (Å²) < 4.78 is 36.8. The lowest BCUT2D eigenvalue weighted by Crippen LogP contribution is -2.38. The molecule has 3 N–H and O–H groups in total. The van der Waals surface area contributed by atoms with Gasteiger partial charge in [-0.05, 0) is 0 Å². The van der Waals surface area contributed by atoms with E-state index in [1.165, 1.54) is 0 Å². The zero-order chi connectivity index (χ0) is 11.4. The summed E-state index contributed by atoms with van der Waals surface area (Å²) in [6.07, 6.45) is -5.04. The van der Waals surface area contributed by atoms with Crippen molar-refractivity contribution in [2.75, 3.05) is 6.54 Å². The van der Waals surface area contributed by atoms with Crippen LogP contribution in [0.4, 0.5) is 13.2 Å². The monoisotopic (exact) mass is 212 g/mol. The van der Waals surface area contributed by atoms with Crippen LogP contribution >= 0.6 is 0 Å². The third-order valence-electron chi connectivity index (χ3n) is 1.68. The van der Waals surface area contributed by atoms with Crippen LogP contribution in [0.15, 0.2) is 0 Å². The second kappa shape index (κ2) is 5.19. The molecular weight excluding hydrogens is 197 g/mol. The molecule has 1 atom stereocenters. The summed E-state index contributed by atoms with van der Waals surface area (Å²) in [5, 5.41) is 2.63. The number of hydrogen-bond acceptors (Lipinski definition) is 2. The van der Waals surface area contributed by atoms with E-state index in [-0.39, 0.29) is 12.6 Å². The van der Waals surface area contributed by atoms with E-state index in [4.69, 9.17) is 5.73 Å². The summed E-state index contributed by atoms with van der Waals surface area (Å²) in [5.41, 5.74) is 4.73. The van der Waals surface area contributed by atoms with Gasteiger partial charge in [0, 0.05) is 19.0 Å². The molecule has 0 heterocycles. The second-order valence-electron chi connectivity index (χ2n) is 3.47. The highest BCUT2D eigenvalue weighted by Crippen LogP contribution is 2.28. The Bertz CT molecular complexity index is 192. The first-order chi connectivity index (χ1) is 6.23. The van der Waals surface area contributed by atoms with Gasteiger partial charge < -0.3 is 11.1 Å². The van der Waals surface area contributed by atoms with Crippen LogP contribution in [-0.2, 0) is 4.79 Å². The number of hydrogen-bond donors (Lipinski definition) is 2. The number of halogens is 3. The highest BCUT2D eigenvalue weighted by molar-refractivity contribution is 5.74. The summed E-state index contributed by atoms with van der Waals surface area (Å²) in [4.78, 5) is 10.4. The molecule has 0 saturated carbocycles. The molecule has 0 radical (unpaired) electrons. The molecular formula is C8H15F3N2O. The van der Waals surface area contributed by atoms with Gasteiger partial charge in [0.05, 0.1) is 5.92 Å². The molecule has 0 saturated heterocycles. The van der Waals surface area contributed by atoms with E-state index in [1.807, 2.05) is 0 Å². The van der Waals surface area contributed by atoms with E-state index >= 15 is 0 Å². The molecule has 14 heavy (non-hydrogen) atoms. The fourth-order valence-corrected chi connectivity index (χ4v) is 0.924. The van der Waals surface area contributed by atoms with Crippen LogP contribution in [0.1, 0.15) is 20.3 Å². The molecule has 0 aliphatic heterocycles. The Labute approximate surface area is 80.8 Å². The third-order valence-corrected chi connectivity index (χ3v) is 1.68. The molecule has 0 spiro atoms. The average molecular weight is 212 g/mol. The van der Waals surface area contributed by atoms with Crippen molar-refractivity contribution in [1.29, 1.82) is 0 Å². The van der Waals surface area contributed by atoms with Crippen LogP contribution in [0.2, 0.25) is 0 Å². The maximum Gasteiger partial charge on any atom is 0.393 e. The van der Waals surface area contributed by atoms with Crippen molar-refractivity contribution < 1.29 is 18.0 Å². The van der Waals surface area contributed by atoms with E-state index in [0.717, 1.165) is 0 Å². The van der Waals surface area contributed by atoms with Crippen LogP contribution in [0.5, 0.6) is 0 Å². The standard InChI is InChI=1S/C8H15F3N2O/c1-5(2)13-4-6(3-7(12)14)8(9,10)11/h5-6,13H,3-4H2,1-2H3,(H2,12,14). The number of alkyl halides is 3. The van der Waals surface area contributed by atoms with E-state index in [0.29, 0.717) is 0 Å². The van der Waals surface area contributed by atoms with Crippen LogP contribution in [0.25, 0.3) is 0 Å². The lowest BCUT2D eigenvalue weighted by atomic mass is 10.0. The summed E-state index contributed by atoms with van der Waals surface area (Å²) >= 11 is 0. The van der Waals surface area contributed by atoms with Crippen molar-refractivity contribution in [1.82, 2.24) is 5.32 Å². The molecule has 0 rings (SSSR count). The minimum Gasteiger partial charge on any atom is -0.370 e. The Balaban J connectivity index is 4.19. The Morgan fingerprint density at radius 2 is 1.93 bits per heavy atom. The van der Waals surface area contributed by atoms with Gasteiger partial charge in [0.25, 0.3) is 0 Å². The van der Waals surface area contributed by atoms with Crippen molar-refractivity contribution in [3.8, 4) is 0 Å². The van der Waals surface area contributed by atoms with Gasteiger partial charge in [-0.2, -0.15) is 13.2 Å². The molecule has 3 nitrogen and oxygen atoms in total. The number of nitrogens with one attached hydrogen (secondary N) is 1. The highest BCUT2D eigenvalue weighted by Gasteiger charge is 2.40. The van der Waals surface area contributed by atoms with Crippen LogP contribution < -0.4 is 11.1 Å². The van der Waals surface area contributed by atoms with Crippen molar-refractivity contribution in [2.24, 2.45) is 11.7 Å². The second-order valence-corrected chi connectivity index (χ2v) is 3.47. The molecule has 6 heteroatoms. The first-order valence-electron chi connectivity index (χ1n) is 4.32. The van der Waals surface area contributed by atoms with Gasteiger partial charge in [-0.25, -0.2) is 0 Å². The van der Waals surface area contributed by atoms with Crippen molar-refractivity contribution in [3.05, 3.63) is 0 Å². The fraction of sp³-hybridized carbons (Fsp3) is 0.875. The molecule has 0 bridgehead atoms. The maximum absolute atomic E-state index is 12.3. The first kappa shape index (κ1) is 13.2. The van der Waals surface area contributed by atoms with Crippen molar-refractivity contribution in [3.63, 3.8) is 0 Å². The third kappa shape index (κ3) is 5.80. The van der Waals surface area contributed by atoms with Crippen LogP contribution in [-0.4, -0.2) is 24.7 Å². The van der Waals surface area contributed by atoms with Gasteiger partial charge >= 0.3 is 6.18 Å². The Hall–Kier alpha value is -0.780. The maximum atomic E-state index is 12.3. The van der Waals surface area contributed by atoms with E-state index in [2.05, 4.69) is 5.32 Å². The number of carbonyl (C=O) groups is 1. The number of carbonyl (C=O) groups excluding carboxylic acids is 1. The minimum absolute atomic E-state index is 0.0484. The first-order valence-corrected chi connectivity index (χ1v) is 4.32. The SMILES string of the molecule is CC(C)NCC(CC(N)=O)C(F)(F)F. The largest absolute Gasteiger partial charge is 0.393 e. The number of nitrogens with two attached hydrogens (primary N) is 1. The van der Waals surface area contributed by atoms with Crippen molar-refractivity contribution in [2.45, 2.75) is 32.5 Å². The molecule has 0 aliphatic rings. The predicted molar refractivity (Wildman–Crippen MR) is 46.5 cm³/mol. The highest BCUT2D eigenvalue weighted by atomic mass is 19.4. The number of rotatable bonds is 5. The van der Waals surface area contributed by atoms with Crippen LogP contribution in [0.3, 0.4) is 0 Å². The van der Waals surface area contributed by atoms with Gasteiger partial charge in [-0.1, -0.05) is 13.8 Å². The van der Waals surface area contributed by atoms with Gasteiger partial charge in [0.1, 0.15) is 0 Å². The van der Waals surface area contributed by atoms with E-state index < -0.39 is 24.4 Å². The molecule has 84 valence electrons. The molecule has 1 amide bonds. The molecule has 0 aromatic rings. The quantitative estimate of drug-likeness (QED) is 0.715. The Morgan fingerprint density at radius 1 is 1.43 bits per heavy atom. The van der Waals surface area contributed by atoms with Gasteiger partial charge in [-0.3, -0.25) is 4.79 Å². The lowest BCUT2D eigenvalue weighted by Gasteiger charge is -2.20. The fourth-order valence-electron chi connectivity index (χ4n) is 0.924. The lowest BCUT2D eigenvalue weighted by molar-refractivity contribution is -0.177.